The van der Waals surface area contributed by atoms with E-state index >= 15 is 0 Å². The first-order valence-electron chi connectivity index (χ1n) is 8.16. The molecule has 24 heavy (non-hydrogen) atoms. The van der Waals surface area contributed by atoms with Crippen molar-refractivity contribution in [2.45, 2.75) is 6.42 Å². The topological polar surface area (TPSA) is 78.7 Å². The van der Waals surface area contributed by atoms with E-state index in [0.717, 1.165) is 44.7 Å². The largest absolute Gasteiger partial charge is 0.353 e. The number of nitro benzene ring substituents is 1. The Bertz CT molecular complexity index is 578. The lowest BCUT2D eigenvalue weighted by molar-refractivity contribution is -0.384. The smallest absolute Gasteiger partial charge is 0.269 e. The SMILES string of the molecule is CN1CCN(CCCNC(=O)C=Cc2ccc([N+](=O)[O-])cc2)CC1. The summed E-state index contributed by atoms with van der Waals surface area (Å²) in [7, 11) is 2.13. The molecule has 1 heterocycles. The van der Waals surface area contributed by atoms with E-state index in [1.165, 1.54) is 18.2 Å². The zero-order chi connectivity index (χ0) is 17.4. The number of non-ortho nitro benzene ring substituents is 1. The second-order valence-corrected chi connectivity index (χ2v) is 5.97. The van der Waals surface area contributed by atoms with E-state index in [9.17, 15) is 14.9 Å². The first-order valence-corrected chi connectivity index (χ1v) is 8.16. The third-order valence-corrected chi connectivity index (χ3v) is 4.08. The maximum Gasteiger partial charge on any atom is 0.269 e. The fourth-order valence-corrected chi connectivity index (χ4v) is 2.52. The molecule has 1 saturated heterocycles. The molecule has 1 amide bonds. The Morgan fingerprint density at radius 3 is 2.54 bits per heavy atom. The Morgan fingerprint density at radius 2 is 1.92 bits per heavy atom. The van der Waals surface area contributed by atoms with E-state index in [-0.39, 0.29) is 11.6 Å². The third kappa shape index (κ3) is 6.10. The zero-order valence-corrected chi connectivity index (χ0v) is 14.0. The molecule has 1 aromatic rings. The summed E-state index contributed by atoms with van der Waals surface area (Å²) in [5.74, 6) is -0.147. The number of carbonyl (C=O) groups excluding carboxylic acids is 1. The van der Waals surface area contributed by atoms with Crippen LogP contribution < -0.4 is 5.32 Å². The average Bonchev–Trinajstić information content (AvgIpc) is 2.59. The Kier molecular flexibility index (Phi) is 6.89. The summed E-state index contributed by atoms with van der Waals surface area (Å²) in [5, 5.41) is 13.4. The van der Waals surface area contributed by atoms with Crippen molar-refractivity contribution >= 4 is 17.7 Å². The summed E-state index contributed by atoms with van der Waals surface area (Å²) in [4.78, 5) is 26.6. The zero-order valence-electron chi connectivity index (χ0n) is 14.0. The van der Waals surface area contributed by atoms with Crippen LogP contribution in [0.4, 0.5) is 5.69 Å². The highest BCUT2D eigenvalue weighted by atomic mass is 16.6. The molecule has 130 valence electrons. The minimum absolute atomic E-state index is 0.0421. The Balaban J connectivity index is 1.64. The van der Waals surface area contributed by atoms with Crippen LogP contribution in [-0.4, -0.2) is 66.9 Å². The third-order valence-electron chi connectivity index (χ3n) is 4.08. The number of nitrogens with zero attached hydrogens (tertiary/aromatic N) is 3. The van der Waals surface area contributed by atoms with Crippen molar-refractivity contribution < 1.29 is 9.72 Å². The van der Waals surface area contributed by atoms with Crippen molar-refractivity contribution in [2.75, 3.05) is 46.3 Å². The summed E-state index contributed by atoms with van der Waals surface area (Å²) in [6, 6.07) is 6.09. The number of hydrogen-bond donors (Lipinski definition) is 1. The van der Waals surface area contributed by atoms with E-state index in [1.807, 2.05) is 0 Å². The monoisotopic (exact) mass is 332 g/mol. The molecule has 1 aliphatic heterocycles. The van der Waals surface area contributed by atoms with Gasteiger partial charge in [0, 0.05) is 50.9 Å². The molecule has 0 bridgehead atoms. The van der Waals surface area contributed by atoms with Crippen molar-refractivity contribution in [2.24, 2.45) is 0 Å². The number of carbonyl (C=O) groups is 1. The summed E-state index contributed by atoms with van der Waals surface area (Å²) in [6.45, 7) is 6.03. The van der Waals surface area contributed by atoms with Gasteiger partial charge in [0.25, 0.3) is 5.69 Å². The number of piperazine rings is 1. The fraction of sp³-hybridized carbons (Fsp3) is 0.471. The summed E-state index contributed by atoms with van der Waals surface area (Å²) in [5.41, 5.74) is 0.800. The molecule has 2 rings (SSSR count). The maximum absolute atomic E-state index is 11.8. The molecule has 1 fully saturated rings. The van der Waals surface area contributed by atoms with E-state index in [2.05, 4.69) is 22.2 Å². The normalized spacial score (nSPS) is 16.4. The Hall–Kier alpha value is -2.25. The predicted molar refractivity (Wildman–Crippen MR) is 93.7 cm³/mol. The van der Waals surface area contributed by atoms with Crippen LogP contribution in [0.5, 0.6) is 0 Å². The van der Waals surface area contributed by atoms with Crippen molar-refractivity contribution in [3.63, 3.8) is 0 Å². The van der Waals surface area contributed by atoms with Crippen LogP contribution in [0.3, 0.4) is 0 Å². The lowest BCUT2D eigenvalue weighted by Gasteiger charge is -2.32. The second kappa shape index (κ2) is 9.14. The minimum Gasteiger partial charge on any atom is -0.353 e. The molecular weight excluding hydrogens is 308 g/mol. The maximum atomic E-state index is 11.8. The molecule has 1 N–H and O–H groups in total. The van der Waals surface area contributed by atoms with Gasteiger partial charge >= 0.3 is 0 Å². The molecule has 0 spiro atoms. The first-order chi connectivity index (χ1) is 11.5. The fourth-order valence-electron chi connectivity index (χ4n) is 2.52. The molecule has 0 unspecified atom stereocenters. The molecule has 7 heteroatoms. The van der Waals surface area contributed by atoms with E-state index < -0.39 is 4.92 Å². The van der Waals surface area contributed by atoms with E-state index in [0.29, 0.717) is 6.54 Å². The summed E-state index contributed by atoms with van der Waals surface area (Å²) < 4.78 is 0. The molecule has 0 aromatic heterocycles. The van der Waals surface area contributed by atoms with Gasteiger partial charge in [-0.15, -0.1) is 0 Å². The number of amides is 1. The molecule has 0 aliphatic carbocycles. The van der Waals surface area contributed by atoms with Gasteiger partial charge in [-0.25, -0.2) is 0 Å². The number of likely N-dealkylation sites (N-methyl/N-ethyl adjacent to an activating group) is 1. The van der Waals surface area contributed by atoms with Gasteiger partial charge in [0.15, 0.2) is 0 Å². The van der Waals surface area contributed by atoms with Crippen LogP contribution in [0.2, 0.25) is 0 Å². The quantitative estimate of drug-likeness (QED) is 0.353. The second-order valence-electron chi connectivity index (χ2n) is 5.97. The van der Waals surface area contributed by atoms with Crippen molar-refractivity contribution in [1.29, 1.82) is 0 Å². The van der Waals surface area contributed by atoms with Crippen LogP contribution in [0.25, 0.3) is 6.08 Å². The predicted octanol–water partition coefficient (Wildman–Crippen LogP) is 1.36. The van der Waals surface area contributed by atoms with Crippen molar-refractivity contribution in [3.05, 3.63) is 46.0 Å². The number of hydrogen-bond acceptors (Lipinski definition) is 5. The molecule has 7 nitrogen and oxygen atoms in total. The van der Waals surface area contributed by atoms with Crippen LogP contribution in [0.1, 0.15) is 12.0 Å². The molecule has 1 aliphatic rings. The lowest BCUT2D eigenvalue weighted by atomic mass is 10.2. The number of benzene rings is 1. The Morgan fingerprint density at radius 1 is 1.25 bits per heavy atom. The number of rotatable bonds is 7. The van der Waals surface area contributed by atoms with Crippen molar-refractivity contribution in [1.82, 2.24) is 15.1 Å². The van der Waals surface area contributed by atoms with Gasteiger partial charge in [-0.1, -0.05) is 0 Å². The van der Waals surface area contributed by atoms with Gasteiger partial charge in [-0.2, -0.15) is 0 Å². The van der Waals surface area contributed by atoms with Gasteiger partial charge in [0.2, 0.25) is 5.91 Å². The molecule has 1 aromatic carbocycles. The molecule has 0 saturated carbocycles. The summed E-state index contributed by atoms with van der Waals surface area (Å²) in [6.07, 6.45) is 4.04. The average molecular weight is 332 g/mol. The van der Waals surface area contributed by atoms with Gasteiger partial charge in [0.05, 0.1) is 4.92 Å². The van der Waals surface area contributed by atoms with E-state index in [4.69, 9.17) is 0 Å². The van der Waals surface area contributed by atoms with Crippen LogP contribution in [0, 0.1) is 10.1 Å². The minimum atomic E-state index is -0.444. The molecular formula is C17H24N4O3. The highest BCUT2D eigenvalue weighted by Crippen LogP contribution is 2.12. The Labute approximate surface area is 142 Å². The first kappa shape index (κ1) is 18.1. The van der Waals surface area contributed by atoms with Crippen LogP contribution in [-0.2, 0) is 4.79 Å². The van der Waals surface area contributed by atoms with Crippen molar-refractivity contribution in [3.8, 4) is 0 Å². The van der Waals surface area contributed by atoms with Crippen LogP contribution >= 0.6 is 0 Å². The van der Waals surface area contributed by atoms with Gasteiger partial charge in [-0.05, 0) is 43.8 Å². The van der Waals surface area contributed by atoms with Crippen LogP contribution in [0.15, 0.2) is 30.3 Å². The highest BCUT2D eigenvalue weighted by Gasteiger charge is 2.12. The van der Waals surface area contributed by atoms with Gasteiger partial charge < -0.3 is 15.1 Å². The highest BCUT2D eigenvalue weighted by molar-refractivity contribution is 5.91. The molecule has 0 atom stereocenters. The lowest BCUT2D eigenvalue weighted by Crippen LogP contribution is -2.45. The van der Waals surface area contributed by atoms with Gasteiger partial charge in [0.1, 0.15) is 0 Å². The number of nitro groups is 1. The van der Waals surface area contributed by atoms with E-state index in [1.54, 1.807) is 18.2 Å². The number of nitrogens with one attached hydrogen (secondary N) is 1. The molecule has 0 radical (unpaired) electrons. The summed E-state index contributed by atoms with van der Waals surface area (Å²) >= 11 is 0. The standard InChI is InChI=1S/C17H24N4O3/c1-19-11-13-20(14-12-19)10-2-9-18-17(22)8-5-15-3-6-16(7-4-15)21(23)24/h3-8H,2,9-14H2,1H3,(H,18,22). The van der Waals surface area contributed by atoms with Gasteiger partial charge in [-0.3, -0.25) is 14.9 Å².